The summed E-state index contributed by atoms with van der Waals surface area (Å²) in [5.74, 6) is 3.37. The zero-order valence-electron chi connectivity index (χ0n) is 12.8. The molecule has 0 saturated heterocycles. The Balaban J connectivity index is 0.00000400. The second-order valence-corrected chi connectivity index (χ2v) is 4.61. The predicted molar refractivity (Wildman–Crippen MR) is 102 cm³/mol. The minimum Gasteiger partial charge on any atom is -0.357 e. The summed E-state index contributed by atoms with van der Waals surface area (Å²) in [5, 5.41) is 6.27. The molecule has 1 aromatic rings. The third kappa shape index (κ3) is 10.2. The molecule has 0 aromatic heterocycles. The fourth-order valence-electron chi connectivity index (χ4n) is 1.93. The maximum absolute atomic E-state index is 5.23. The van der Waals surface area contributed by atoms with Crippen molar-refractivity contribution in [3.05, 3.63) is 35.9 Å². The first-order valence-corrected chi connectivity index (χ1v) is 7.36. The van der Waals surface area contributed by atoms with E-state index < -0.39 is 0 Å². The van der Waals surface area contributed by atoms with Gasteiger partial charge in [-0.3, -0.25) is 4.99 Å². The lowest BCUT2D eigenvalue weighted by molar-refractivity contribution is 0.683. The van der Waals surface area contributed by atoms with Crippen LogP contribution in [0.3, 0.4) is 0 Å². The number of nitrogens with zero attached hydrogens (tertiary/aromatic N) is 1. The van der Waals surface area contributed by atoms with E-state index >= 15 is 0 Å². The lowest BCUT2D eigenvalue weighted by Gasteiger charge is -2.08. The SMILES string of the molecule is C#CCNC(=NCCCCCc1ccccc1)NCC.I. The first-order valence-electron chi connectivity index (χ1n) is 7.36. The lowest BCUT2D eigenvalue weighted by atomic mass is 10.1. The van der Waals surface area contributed by atoms with Gasteiger partial charge in [0.1, 0.15) is 0 Å². The Labute approximate surface area is 146 Å². The molecular weight excluding hydrogens is 373 g/mol. The summed E-state index contributed by atoms with van der Waals surface area (Å²) in [6, 6.07) is 10.6. The Morgan fingerprint density at radius 2 is 1.90 bits per heavy atom. The number of guanidine groups is 1. The molecule has 0 radical (unpaired) electrons. The zero-order valence-corrected chi connectivity index (χ0v) is 15.1. The molecule has 0 saturated carbocycles. The maximum atomic E-state index is 5.23. The van der Waals surface area contributed by atoms with E-state index in [0.29, 0.717) is 6.54 Å². The van der Waals surface area contributed by atoms with E-state index in [-0.39, 0.29) is 24.0 Å². The number of aryl methyl sites for hydroxylation is 1. The fraction of sp³-hybridized carbons (Fsp3) is 0.471. The quantitative estimate of drug-likeness (QED) is 0.232. The molecule has 3 nitrogen and oxygen atoms in total. The number of rotatable bonds is 8. The lowest BCUT2D eigenvalue weighted by Crippen LogP contribution is -2.37. The highest BCUT2D eigenvalue weighted by molar-refractivity contribution is 14.0. The van der Waals surface area contributed by atoms with Crippen LogP contribution in [0.4, 0.5) is 0 Å². The monoisotopic (exact) mass is 399 g/mol. The molecule has 21 heavy (non-hydrogen) atoms. The van der Waals surface area contributed by atoms with Crippen LogP contribution in [-0.4, -0.2) is 25.6 Å². The molecule has 1 aromatic carbocycles. The van der Waals surface area contributed by atoms with E-state index in [4.69, 9.17) is 6.42 Å². The number of hydrogen-bond donors (Lipinski definition) is 2. The van der Waals surface area contributed by atoms with Crippen LogP contribution < -0.4 is 10.6 Å². The molecule has 0 heterocycles. The van der Waals surface area contributed by atoms with E-state index in [0.717, 1.165) is 31.9 Å². The van der Waals surface area contributed by atoms with Crippen molar-refractivity contribution in [1.82, 2.24) is 10.6 Å². The highest BCUT2D eigenvalue weighted by Gasteiger charge is 1.95. The van der Waals surface area contributed by atoms with Crippen molar-refractivity contribution in [3.63, 3.8) is 0 Å². The zero-order chi connectivity index (χ0) is 14.5. The molecule has 0 fully saturated rings. The number of benzene rings is 1. The smallest absolute Gasteiger partial charge is 0.192 e. The molecule has 0 amide bonds. The molecule has 0 aliphatic rings. The summed E-state index contributed by atoms with van der Waals surface area (Å²) in [4.78, 5) is 4.49. The molecule has 0 atom stereocenters. The van der Waals surface area contributed by atoms with Crippen LogP contribution in [0.1, 0.15) is 31.7 Å². The average molecular weight is 399 g/mol. The van der Waals surface area contributed by atoms with Gasteiger partial charge in [-0.2, -0.15) is 0 Å². The van der Waals surface area contributed by atoms with Gasteiger partial charge >= 0.3 is 0 Å². The fourth-order valence-corrected chi connectivity index (χ4v) is 1.93. The van der Waals surface area contributed by atoms with E-state index in [1.165, 1.54) is 18.4 Å². The summed E-state index contributed by atoms with van der Waals surface area (Å²) < 4.78 is 0. The van der Waals surface area contributed by atoms with Gasteiger partial charge in [0.2, 0.25) is 0 Å². The normalized spacial score (nSPS) is 10.4. The standard InChI is InChI=1S/C17H25N3.HI/c1-3-14-19-17(18-4-2)20-15-10-6-9-13-16-11-7-5-8-12-16;/h1,5,7-8,11-12H,4,6,9-10,13-15H2,2H3,(H2,18,19,20);1H. The summed E-state index contributed by atoms with van der Waals surface area (Å²) >= 11 is 0. The van der Waals surface area contributed by atoms with Crippen molar-refractivity contribution in [2.24, 2.45) is 4.99 Å². The van der Waals surface area contributed by atoms with Crippen LogP contribution >= 0.6 is 24.0 Å². The number of halogens is 1. The van der Waals surface area contributed by atoms with Crippen LogP contribution in [-0.2, 0) is 6.42 Å². The number of hydrogen-bond acceptors (Lipinski definition) is 1. The average Bonchev–Trinajstić information content (AvgIpc) is 2.49. The Kier molecular flexibility index (Phi) is 13.0. The Hall–Kier alpha value is -1.22. The van der Waals surface area contributed by atoms with Crippen LogP contribution in [0, 0.1) is 12.3 Å². The van der Waals surface area contributed by atoms with Crippen molar-refractivity contribution in [1.29, 1.82) is 0 Å². The van der Waals surface area contributed by atoms with E-state index in [9.17, 15) is 0 Å². The highest BCUT2D eigenvalue weighted by Crippen LogP contribution is 2.06. The van der Waals surface area contributed by atoms with E-state index in [1.807, 2.05) is 6.92 Å². The number of unbranched alkanes of at least 4 members (excludes halogenated alkanes) is 2. The summed E-state index contributed by atoms with van der Waals surface area (Å²) in [5.41, 5.74) is 1.42. The van der Waals surface area contributed by atoms with Gasteiger partial charge in [0.15, 0.2) is 5.96 Å². The largest absolute Gasteiger partial charge is 0.357 e. The molecule has 4 heteroatoms. The van der Waals surface area contributed by atoms with Crippen LogP contribution in [0.5, 0.6) is 0 Å². The molecule has 0 aliphatic carbocycles. The van der Waals surface area contributed by atoms with Gasteiger partial charge in [0.05, 0.1) is 6.54 Å². The Morgan fingerprint density at radius 3 is 2.57 bits per heavy atom. The minimum atomic E-state index is 0. The molecular formula is C17H26IN3. The molecule has 0 spiro atoms. The molecule has 0 unspecified atom stereocenters. The number of aliphatic imine (C=N–C) groups is 1. The van der Waals surface area contributed by atoms with Crippen molar-refractivity contribution < 1.29 is 0 Å². The Morgan fingerprint density at radius 1 is 1.14 bits per heavy atom. The van der Waals surface area contributed by atoms with Crippen molar-refractivity contribution >= 4 is 29.9 Å². The maximum Gasteiger partial charge on any atom is 0.192 e. The number of terminal acetylenes is 1. The van der Waals surface area contributed by atoms with E-state index in [1.54, 1.807) is 0 Å². The minimum absolute atomic E-state index is 0. The van der Waals surface area contributed by atoms with Gasteiger partial charge in [0, 0.05) is 13.1 Å². The number of nitrogens with one attached hydrogen (secondary N) is 2. The molecule has 0 bridgehead atoms. The van der Waals surface area contributed by atoms with E-state index in [2.05, 4.69) is 51.9 Å². The molecule has 1 rings (SSSR count). The Bertz CT molecular complexity index is 423. The highest BCUT2D eigenvalue weighted by atomic mass is 127. The second kappa shape index (κ2) is 13.7. The first-order chi connectivity index (χ1) is 9.86. The van der Waals surface area contributed by atoms with Crippen LogP contribution in [0.25, 0.3) is 0 Å². The van der Waals surface area contributed by atoms with Gasteiger partial charge in [-0.05, 0) is 31.7 Å². The first kappa shape index (κ1) is 19.8. The summed E-state index contributed by atoms with van der Waals surface area (Å²) in [6.07, 6.45) is 9.91. The van der Waals surface area contributed by atoms with Gasteiger partial charge in [0.25, 0.3) is 0 Å². The van der Waals surface area contributed by atoms with Gasteiger partial charge in [-0.15, -0.1) is 30.4 Å². The van der Waals surface area contributed by atoms with Gasteiger partial charge in [-0.1, -0.05) is 42.7 Å². The predicted octanol–water partition coefficient (Wildman–Crippen LogP) is 3.21. The topological polar surface area (TPSA) is 36.4 Å². The van der Waals surface area contributed by atoms with Crippen LogP contribution in [0.2, 0.25) is 0 Å². The molecule has 116 valence electrons. The molecule has 2 N–H and O–H groups in total. The van der Waals surface area contributed by atoms with Gasteiger partial charge in [-0.25, -0.2) is 0 Å². The molecule has 0 aliphatic heterocycles. The third-order valence-corrected chi connectivity index (χ3v) is 2.94. The van der Waals surface area contributed by atoms with Crippen molar-refractivity contribution in [2.45, 2.75) is 32.6 Å². The van der Waals surface area contributed by atoms with Crippen LogP contribution in [0.15, 0.2) is 35.3 Å². The summed E-state index contributed by atoms with van der Waals surface area (Å²) in [7, 11) is 0. The van der Waals surface area contributed by atoms with Gasteiger partial charge < -0.3 is 10.6 Å². The van der Waals surface area contributed by atoms with Crippen molar-refractivity contribution in [2.75, 3.05) is 19.6 Å². The second-order valence-electron chi connectivity index (χ2n) is 4.61. The van der Waals surface area contributed by atoms with Crippen molar-refractivity contribution in [3.8, 4) is 12.3 Å². The third-order valence-electron chi connectivity index (χ3n) is 2.94. The summed E-state index contributed by atoms with van der Waals surface area (Å²) in [6.45, 7) is 4.26.